The van der Waals surface area contributed by atoms with Crippen LogP contribution >= 0.6 is 0 Å². The van der Waals surface area contributed by atoms with Crippen molar-refractivity contribution in [1.29, 1.82) is 0 Å². The van der Waals surface area contributed by atoms with Crippen molar-refractivity contribution in [1.82, 2.24) is 19.7 Å². The lowest BCUT2D eigenvalue weighted by Gasteiger charge is -2.23. The fourth-order valence-electron chi connectivity index (χ4n) is 3.63. The number of primary amides is 1. The van der Waals surface area contributed by atoms with Crippen molar-refractivity contribution in [3.05, 3.63) is 59.4 Å². The summed E-state index contributed by atoms with van der Waals surface area (Å²) >= 11 is 0. The van der Waals surface area contributed by atoms with Crippen molar-refractivity contribution in [3.63, 3.8) is 0 Å². The molecule has 0 atom stereocenters. The molecule has 2 N–H and O–H groups in total. The summed E-state index contributed by atoms with van der Waals surface area (Å²) in [7, 11) is 1.62. The maximum absolute atomic E-state index is 14.5. The van der Waals surface area contributed by atoms with Gasteiger partial charge in [-0.15, -0.1) is 0 Å². The molecule has 1 aliphatic rings. The van der Waals surface area contributed by atoms with Crippen LogP contribution in [0.15, 0.2) is 36.5 Å². The summed E-state index contributed by atoms with van der Waals surface area (Å²) in [6.07, 6.45) is 2.31. The number of hydrogen-bond donors (Lipinski definition) is 1. The summed E-state index contributed by atoms with van der Waals surface area (Å²) in [6, 6.07) is 7.70. The van der Waals surface area contributed by atoms with Gasteiger partial charge in [-0.3, -0.25) is 14.3 Å². The highest BCUT2D eigenvalue weighted by Gasteiger charge is 2.49. The number of rotatable bonds is 8. The predicted octanol–water partition coefficient (Wildman–Crippen LogP) is 2.57. The van der Waals surface area contributed by atoms with Crippen molar-refractivity contribution in [2.45, 2.75) is 26.3 Å². The summed E-state index contributed by atoms with van der Waals surface area (Å²) in [5, 5.41) is 4.37. The molecule has 1 amide bonds. The number of benzene rings is 1. The average Bonchev–Trinajstić information content (AvgIpc) is 3.41. The summed E-state index contributed by atoms with van der Waals surface area (Å²) in [6.45, 7) is 1.65. The molecule has 2 aromatic heterocycles. The fourth-order valence-corrected chi connectivity index (χ4v) is 3.63. The van der Waals surface area contributed by atoms with Gasteiger partial charge in [-0.1, -0.05) is 18.2 Å². The van der Waals surface area contributed by atoms with E-state index in [4.69, 9.17) is 5.73 Å². The van der Waals surface area contributed by atoms with Crippen LogP contribution in [0.25, 0.3) is 11.5 Å². The van der Waals surface area contributed by atoms with Gasteiger partial charge in [0.2, 0.25) is 5.91 Å². The van der Waals surface area contributed by atoms with Crippen LogP contribution in [0.2, 0.25) is 0 Å². The molecule has 1 aliphatic carbocycles. The Morgan fingerprint density at radius 3 is 2.56 bits per heavy atom. The minimum absolute atomic E-state index is 0.00412. The molecule has 0 unspecified atom stereocenters. The summed E-state index contributed by atoms with van der Waals surface area (Å²) in [4.78, 5) is 33.7. The Morgan fingerprint density at radius 2 is 1.94 bits per heavy atom. The van der Waals surface area contributed by atoms with E-state index in [1.165, 1.54) is 28.6 Å². The second kappa shape index (κ2) is 8.10. The first-order valence-electron chi connectivity index (χ1n) is 10.1. The molecule has 32 heavy (non-hydrogen) atoms. The summed E-state index contributed by atoms with van der Waals surface area (Å²) in [5.74, 6) is -1.66. The Morgan fingerprint density at radius 1 is 1.22 bits per heavy atom. The van der Waals surface area contributed by atoms with Crippen LogP contribution in [0.3, 0.4) is 0 Å². The van der Waals surface area contributed by atoms with Gasteiger partial charge in [0.15, 0.2) is 23.2 Å². The molecule has 0 radical (unpaired) electrons. The largest absolute Gasteiger partial charge is 0.369 e. The standard InChI is InChI=1S/C22H22F2N6O2/c1-13(31)18-9-17(28-30(18)11-14-5-3-4-6-15(14)23)19-26-10-16(24)20(27-19)29(2)12-22(7-8-22)21(25)32/h3-6,9-10H,7-8,11-12H2,1-2H3,(H2,25,32). The monoisotopic (exact) mass is 440 g/mol. The zero-order valence-electron chi connectivity index (χ0n) is 17.7. The van der Waals surface area contributed by atoms with Gasteiger partial charge in [0.1, 0.15) is 17.2 Å². The normalized spacial score (nSPS) is 14.2. The van der Waals surface area contributed by atoms with E-state index in [-0.39, 0.29) is 41.9 Å². The van der Waals surface area contributed by atoms with Crippen LogP contribution in [-0.4, -0.2) is 45.0 Å². The number of Topliss-reactive ketones (excluding diaryl/α,β-unsaturated/α-hetero) is 1. The number of halogens is 2. The van der Waals surface area contributed by atoms with Crippen molar-refractivity contribution in [2.75, 3.05) is 18.5 Å². The van der Waals surface area contributed by atoms with Gasteiger partial charge >= 0.3 is 0 Å². The summed E-state index contributed by atoms with van der Waals surface area (Å²) in [5.41, 5.74) is 5.67. The Bertz CT molecular complexity index is 1200. The van der Waals surface area contributed by atoms with E-state index in [2.05, 4.69) is 15.1 Å². The first-order valence-corrected chi connectivity index (χ1v) is 10.1. The number of hydrogen-bond acceptors (Lipinski definition) is 6. The third kappa shape index (κ3) is 4.08. The third-order valence-electron chi connectivity index (χ3n) is 5.65. The number of carbonyl (C=O) groups is 2. The molecule has 10 heteroatoms. The number of aromatic nitrogens is 4. The molecule has 1 fully saturated rings. The first kappa shape index (κ1) is 21.5. The highest BCUT2D eigenvalue weighted by atomic mass is 19.1. The summed E-state index contributed by atoms with van der Waals surface area (Å²) < 4.78 is 29.9. The molecule has 8 nitrogen and oxygen atoms in total. The maximum Gasteiger partial charge on any atom is 0.225 e. The molecule has 0 saturated heterocycles. The van der Waals surface area contributed by atoms with E-state index < -0.39 is 23.0 Å². The lowest BCUT2D eigenvalue weighted by molar-refractivity contribution is -0.122. The average molecular weight is 440 g/mol. The zero-order valence-corrected chi connectivity index (χ0v) is 17.7. The Balaban J connectivity index is 1.66. The molecule has 3 aromatic rings. The lowest BCUT2D eigenvalue weighted by atomic mass is 10.1. The van der Waals surface area contributed by atoms with Gasteiger partial charge < -0.3 is 10.6 Å². The van der Waals surface area contributed by atoms with Gasteiger partial charge in [-0.25, -0.2) is 18.7 Å². The van der Waals surface area contributed by atoms with Crippen LogP contribution < -0.4 is 10.6 Å². The third-order valence-corrected chi connectivity index (χ3v) is 5.65. The predicted molar refractivity (Wildman–Crippen MR) is 113 cm³/mol. The Hall–Kier alpha value is -3.69. The molecule has 0 spiro atoms. The van der Waals surface area contributed by atoms with Crippen LogP contribution in [-0.2, 0) is 11.3 Å². The number of nitrogens with two attached hydrogens (primary N) is 1. The fraction of sp³-hybridized carbons (Fsp3) is 0.318. The van der Waals surface area contributed by atoms with E-state index >= 15 is 0 Å². The van der Waals surface area contributed by atoms with Crippen molar-refractivity contribution >= 4 is 17.5 Å². The number of ketones is 1. The maximum atomic E-state index is 14.5. The molecule has 2 heterocycles. The minimum atomic E-state index is -0.671. The Kier molecular flexibility index (Phi) is 5.45. The highest BCUT2D eigenvalue weighted by molar-refractivity contribution is 5.93. The second-order valence-corrected chi connectivity index (χ2v) is 8.09. The molecule has 1 saturated carbocycles. The van der Waals surface area contributed by atoms with Crippen LogP contribution in [0.5, 0.6) is 0 Å². The SMILES string of the molecule is CC(=O)c1cc(-c2ncc(F)c(N(C)CC3(C(N)=O)CC3)n2)nn1Cc1ccccc1F. The van der Waals surface area contributed by atoms with Gasteiger partial charge in [0, 0.05) is 26.1 Å². The van der Waals surface area contributed by atoms with Crippen LogP contribution in [0.4, 0.5) is 14.6 Å². The van der Waals surface area contributed by atoms with Crippen LogP contribution in [0.1, 0.15) is 35.8 Å². The lowest BCUT2D eigenvalue weighted by Crippen LogP contribution is -2.36. The van der Waals surface area contributed by atoms with E-state index in [0.717, 1.165) is 6.20 Å². The minimum Gasteiger partial charge on any atom is -0.369 e. The van der Waals surface area contributed by atoms with Crippen molar-refractivity contribution in [3.8, 4) is 11.5 Å². The molecular formula is C22H22F2N6O2. The van der Waals surface area contributed by atoms with Crippen molar-refractivity contribution in [2.24, 2.45) is 11.1 Å². The molecule has 1 aromatic carbocycles. The number of anilines is 1. The number of carbonyl (C=O) groups excluding carboxylic acids is 2. The topological polar surface area (TPSA) is 107 Å². The molecule has 4 rings (SSSR count). The quantitative estimate of drug-likeness (QED) is 0.540. The van der Waals surface area contributed by atoms with Gasteiger partial charge in [0.05, 0.1) is 18.2 Å². The van der Waals surface area contributed by atoms with Gasteiger partial charge in [-0.05, 0) is 25.0 Å². The zero-order chi connectivity index (χ0) is 23.0. The molecular weight excluding hydrogens is 418 g/mol. The van der Waals surface area contributed by atoms with E-state index in [1.807, 2.05) is 0 Å². The van der Waals surface area contributed by atoms with Gasteiger partial charge in [0.25, 0.3) is 0 Å². The van der Waals surface area contributed by atoms with E-state index in [0.29, 0.717) is 18.4 Å². The molecule has 0 aliphatic heterocycles. The van der Waals surface area contributed by atoms with Gasteiger partial charge in [-0.2, -0.15) is 5.10 Å². The number of amides is 1. The van der Waals surface area contributed by atoms with Crippen molar-refractivity contribution < 1.29 is 18.4 Å². The van der Waals surface area contributed by atoms with E-state index in [9.17, 15) is 18.4 Å². The Labute approximate surface area is 183 Å². The first-order chi connectivity index (χ1) is 15.2. The van der Waals surface area contributed by atoms with Crippen LogP contribution in [0, 0.1) is 17.0 Å². The van der Waals surface area contributed by atoms with E-state index in [1.54, 1.807) is 25.2 Å². The second-order valence-electron chi connectivity index (χ2n) is 8.09. The smallest absolute Gasteiger partial charge is 0.225 e. The number of nitrogens with zero attached hydrogens (tertiary/aromatic N) is 5. The highest BCUT2D eigenvalue weighted by Crippen LogP contribution is 2.46. The molecule has 0 bridgehead atoms. The molecule has 166 valence electrons.